The van der Waals surface area contributed by atoms with E-state index in [0.717, 1.165) is 11.1 Å². The highest BCUT2D eigenvalue weighted by atomic mass is 19.3. The Morgan fingerprint density at radius 1 is 1.20 bits per heavy atom. The average molecular weight is 283 g/mol. The Hall–Kier alpha value is -1.65. The quantitative estimate of drug-likeness (QED) is 0.817. The molecule has 1 aromatic rings. The monoisotopic (exact) mass is 283 g/mol. The molecule has 0 heterocycles. The van der Waals surface area contributed by atoms with Gasteiger partial charge in [0.1, 0.15) is 0 Å². The minimum atomic E-state index is -2.77. The van der Waals surface area contributed by atoms with Crippen molar-refractivity contribution in [2.75, 3.05) is 5.73 Å². The second kappa shape index (κ2) is 4.72. The number of halogens is 2. The third kappa shape index (κ3) is 2.37. The number of anilines is 1. The molecule has 0 spiro atoms. The normalized spacial score (nSPS) is 20.6. The molecule has 1 aromatic carbocycles. The van der Waals surface area contributed by atoms with Gasteiger partial charge in [-0.2, -0.15) is 0 Å². The van der Waals surface area contributed by atoms with Crippen LogP contribution < -0.4 is 5.73 Å². The lowest BCUT2D eigenvalue weighted by molar-refractivity contribution is -0.149. The van der Waals surface area contributed by atoms with Crippen LogP contribution >= 0.6 is 0 Å². The second-order valence-corrected chi connectivity index (χ2v) is 5.79. The molecule has 0 aliphatic heterocycles. The number of hydrogen-bond donors (Lipinski definition) is 2. The molecule has 5 heteroatoms. The summed E-state index contributed by atoms with van der Waals surface area (Å²) in [5.74, 6) is -3.84. The van der Waals surface area contributed by atoms with Gasteiger partial charge in [0.2, 0.25) is 5.92 Å². The van der Waals surface area contributed by atoms with E-state index in [4.69, 9.17) is 5.73 Å². The van der Waals surface area contributed by atoms with Crippen molar-refractivity contribution in [1.82, 2.24) is 0 Å². The molecule has 0 unspecified atom stereocenters. The number of nitrogen functional groups attached to an aromatic ring is 1. The number of aliphatic carboxylic acids is 1. The SMILES string of the molecule is Cc1cc(C)c(N)c(C2(C(=O)O)CCC(F)(F)CC2)c1. The zero-order valence-corrected chi connectivity index (χ0v) is 11.7. The molecule has 1 saturated carbocycles. The fourth-order valence-corrected chi connectivity index (χ4v) is 3.02. The van der Waals surface area contributed by atoms with Crippen molar-refractivity contribution in [3.63, 3.8) is 0 Å². The van der Waals surface area contributed by atoms with Gasteiger partial charge in [0.15, 0.2) is 0 Å². The van der Waals surface area contributed by atoms with Crippen LogP contribution in [-0.4, -0.2) is 17.0 Å². The average Bonchev–Trinajstić information content (AvgIpc) is 2.34. The van der Waals surface area contributed by atoms with E-state index in [0.29, 0.717) is 11.3 Å². The maximum absolute atomic E-state index is 13.4. The topological polar surface area (TPSA) is 63.3 Å². The van der Waals surface area contributed by atoms with E-state index in [9.17, 15) is 18.7 Å². The van der Waals surface area contributed by atoms with Gasteiger partial charge in [-0.05, 0) is 37.8 Å². The molecule has 3 nitrogen and oxygen atoms in total. The molecule has 20 heavy (non-hydrogen) atoms. The molecular weight excluding hydrogens is 264 g/mol. The molecule has 0 saturated heterocycles. The van der Waals surface area contributed by atoms with Gasteiger partial charge in [-0.25, -0.2) is 8.78 Å². The van der Waals surface area contributed by atoms with Gasteiger partial charge in [-0.15, -0.1) is 0 Å². The van der Waals surface area contributed by atoms with E-state index in [2.05, 4.69) is 0 Å². The van der Waals surface area contributed by atoms with Crippen molar-refractivity contribution in [1.29, 1.82) is 0 Å². The number of benzene rings is 1. The number of alkyl halides is 2. The number of carboxylic acid groups (broad SMARTS) is 1. The molecule has 0 amide bonds. The Labute approximate surface area is 116 Å². The minimum absolute atomic E-state index is 0.0809. The van der Waals surface area contributed by atoms with Crippen LogP contribution in [0.15, 0.2) is 12.1 Å². The molecule has 0 radical (unpaired) electrons. The Morgan fingerprint density at radius 3 is 2.25 bits per heavy atom. The standard InChI is InChI=1S/C15H19F2NO2/c1-9-7-10(2)12(18)11(8-9)14(13(19)20)3-5-15(16,17)6-4-14/h7-8H,3-6,18H2,1-2H3,(H,19,20). The van der Waals surface area contributed by atoms with Crippen LogP contribution in [0.25, 0.3) is 0 Å². The van der Waals surface area contributed by atoms with Gasteiger partial charge in [-0.3, -0.25) is 4.79 Å². The fraction of sp³-hybridized carbons (Fsp3) is 0.533. The molecule has 3 N–H and O–H groups in total. The molecule has 1 aliphatic rings. The number of carbonyl (C=O) groups is 1. The first kappa shape index (κ1) is 14.8. The Bertz CT molecular complexity index is 545. The van der Waals surface area contributed by atoms with Crippen LogP contribution in [0.3, 0.4) is 0 Å². The molecule has 1 fully saturated rings. The Balaban J connectivity index is 2.53. The van der Waals surface area contributed by atoms with Crippen molar-refractivity contribution in [2.45, 2.75) is 50.9 Å². The lowest BCUT2D eigenvalue weighted by Gasteiger charge is -2.38. The summed E-state index contributed by atoms with van der Waals surface area (Å²) in [7, 11) is 0. The number of rotatable bonds is 2. The summed E-state index contributed by atoms with van der Waals surface area (Å²) in [5, 5.41) is 9.62. The smallest absolute Gasteiger partial charge is 0.314 e. The molecule has 2 rings (SSSR count). The number of hydrogen-bond acceptors (Lipinski definition) is 2. The molecule has 0 bridgehead atoms. The second-order valence-electron chi connectivity index (χ2n) is 5.79. The van der Waals surface area contributed by atoms with E-state index in [1.807, 2.05) is 13.0 Å². The fourth-order valence-electron chi connectivity index (χ4n) is 3.02. The van der Waals surface area contributed by atoms with Crippen molar-refractivity contribution in [2.24, 2.45) is 0 Å². The molecule has 110 valence electrons. The van der Waals surface area contributed by atoms with Crippen LogP contribution in [-0.2, 0) is 10.2 Å². The summed E-state index contributed by atoms with van der Waals surface area (Å²) >= 11 is 0. The summed E-state index contributed by atoms with van der Waals surface area (Å²) in [6.07, 6.45) is -0.984. The van der Waals surface area contributed by atoms with E-state index in [1.165, 1.54) is 0 Å². The van der Waals surface area contributed by atoms with Crippen molar-refractivity contribution >= 4 is 11.7 Å². The summed E-state index contributed by atoms with van der Waals surface area (Å²) < 4.78 is 26.7. The van der Waals surface area contributed by atoms with Crippen molar-refractivity contribution in [3.05, 3.63) is 28.8 Å². The first-order valence-corrected chi connectivity index (χ1v) is 6.66. The third-order valence-corrected chi connectivity index (χ3v) is 4.29. The predicted octanol–water partition coefficient (Wildman–Crippen LogP) is 3.42. The summed E-state index contributed by atoms with van der Waals surface area (Å²) in [4.78, 5) is 11.8. The van der Waals surface area contributed by atoms with Crippen LogP contribution in [0.1, 0.15) is 42.4 Å². The largest absolute Gasteiger partial charge is 0.481 e. The zero-order valence-electron chi connectivity index (χ0n) is 11.7. The van der Waals surface area contributed by atoms with Gasteiger partial charge in [0.25, 0.3) is 0 Å². The molecule has 0 atom stereocenters. The highest BCUT2D eigenvalue weighted by molar-refractivity contribution is 5.84. The number of nitrogens with two attached hydrogens (primary N) is 1. The van der Waals surface area contributed by atoms with Crippen LogP contribution in [0.5, 0.6) is 0 Å². The zero-order chi connectivity index (χ0) is 15.1. The lowest BCUT2D eigenvalue weighted by Crippen LogP contribution is -2.43. The predicted molar refractivity (Wildman–Crippen MR) is 73.1 cm³/mol. The maximum atomic E-state index is 13.4. The lowest BCUT2D eigenvalue weighted by atomic mass is 9.67. The van der Waals surface area contributed by atoms with Gasteiger partial charge < -0.3 is 10.8 Å². The van der Waals surface area contributed by atoms with E-state index < -0.39 is 30.1 Å². The van der Waals surface area contributed by atoms with E-state index >= 15 is 0 Å². The van der Waals surface area contributed by atoms with Crippen LogP contribution in [0.2, 0.25) is 0 Å². The molecule has 1 aliphatic carbocycles. The number of carboxylic acids is 1. The summed E-state index contributed by atoms with van der Waals surface area (Å²) in [6.45, 7) is 3.65. The molecular formula is C15H19F2NO2. The highest BCUT2D eigenvalue weighted by Gasteiger charge is 2.50. The Morgan fingerprint density at radius 2 is 1.75 bits per heavy atom. The van der Waals surface area contributed by atoms with E-state index in [1.54, 1.807) is 13.0 Å². The first-order chi connectivity index (χ1) is 9.18. The third-order valence-electron chi connectivity index (χ3n) is 4.29. The van der Waals surface area contributed by atoms with Gasteiger partial charge in [0, 0.05) is 18.5 Å². The van der Waals surface area contributed by atoms with Crippen molar-refractivity contribution in [3.8, 4) is 0 Å². The molecule has 0 aromatic heterocycles. The Kier molecular flexibility index (Phi) is 3.48. The first-order valence-electron chi connectivity index (χ1n) is 6.66. The highest BCUT2D eigenvalue weighted by Crippen LogP contribution is 2.47. The maximum Gasteiger partial charge on any atom is 0.314 e. The number of aryl methyl sites for hydroxylation is 2. The summed E-state index contributed by atoms with van der Waals surface area (Å²) in [5.41, 5.74) is 7.31. The van der Waals surface area contributed by atoms with Gasteiger partial charge in [0.05, 0.1) is 5.41 Å². The van der Waals surface area contributed by atoms with Gasteiger partial charge >= 0.3 is 5.97 Å². The van der Waals surface area contributed by atoms with E-state index in [-0.39, 0.29) is 12.8 Å². The summed E-state index contributed by atoms with van der Waals surface area (Å²) in [6, 6.07) is 3.59. The van der Waals surface area contributed by atoms with Crippen LogP contribution in [0.4, 0.5) is 14.5 Å². The van der Waals surface area contributed by atoms with Crippen LogP contribution in [0, 0.1) is 13.8 Å². The van der Waals surface area contributed by atoms with Crippen molar-refractivity contribution < 1.29 is 18.7 Å². The minimum Gasteiger partial charge on any atom is -0.481 e. The van der Waals surface area contributed by atoms with Gasteiger partial charge in [-0.1, -0.05) is 17.7 Å².